The molecule has 1 aliphatic rings. The van der Waals surface area contributed by atoms with E-state index in [9.17, 15) is 9.59 Å². The van der Waals surface area contributed by atoms with Gasteiger partial charge in [-0.2, -0.15) is 0 Å². The van der Waals surface area contributed by atoms with Crippen molar-refractivity contribution >= 4 is 34.6 Å². The van der Waals surface area contributed by atoms with Crippen molar-refractivity contribution in [2.75, 3.05) is 13.1 Å². The maximum atomic E-state index is 12.8. The van der Waals surface area contributed by atoms with E-state index in [2.05, 4.69) is 10.1 Å². The van der Waals surface area contributed by atoms with Gasteiger partial charge in [0.15, 0.2) is 17.2 Å². The van der Waals surface area contributed by atoms with Crippen molar-refractivity contribution < 1.29 is 18.8 Å². The molecule has 150 valence electrons. The molecule has 4 heterocycles. The molecule has 0 aliphatic carbocycles. The Balaban J connectivity index is 1.37. The minimum atomic E-state index is -0.242. The Morgan fingerprint density at radius 3 is 3.03 bits per heavy atom. The van der Waals surface area contributed by atoms with E-state index in [1.807, 2.05) is 17.5 Å². The van der Waals surface area contributed by atoms with Crippen LogP contribution in [0, 0.1) is 5.92 Å². The number of amides is 1. The van der Waals surface area contributed by atoms with Crippen molar-refractivity contribution in [1.82, 2.24) is 15.0 Å². The number of aromatic nitrogens is 2. The predicted octanol–water partition coefficient (Wildman–Crippen LogP) is 4.10. The van der Waals surface area contributed by atoms with Crippen LogP contribution in [-0.2, 0) is 6.61 Å². The van der Waals surface area contributed by atoms with Gasteiger partial charge in [-0.15, -0.1) is 11.3 Å². The lowest BCUT2D eigenvalue weighted by Crippen LogP contribution is -2.42. The zero-order chi connectivity index (χ0) is 20.2. The molecule has 0 N–H and O–H groups in total. The van der Waals surface area contributed by atoms with E-state index in [1.54, 1.807) is 17.0 Å². The lowest BCUT2D eigenvalue weighted by atomic mass is 9.93. The molecule has 1 saturated heterocycles. The number of pyridine rings is 1. The second-order valence-electron chi connectivity index (χ2n) is 6.74. The first-order chi connectivity index (χ1) is 14.1. The van der Waals surface area contributed by atoms with Crippen LogP contribution in [0.15, 0.2) is 46.6 Å². The monoisotopic (exact) mass is 431 g/mol. The summed E-state index contributed by atoms with van der Waals surface area (Å²) in [6, 6.07) is 6.88. The zero-order valence-corrected chi connectivity index (χ0v) is 17.0. The topological polar surface area (TPSA) is 85.5 Å². The van der Waals surface area contributed by atoms with E-state index >= 15 is 0 Å². The number of Topliss-reactive ketones (excluding diaryl/α,β-unsaturated/α-hetero) is 1. The van der Waals surface area contributed by atoms with Gasteiger partial charge in [0, 0.05) is 37.3 Å². The first-order valence-electron chi connectivity index (χ1n) is 9.16. The maximum absolute atomic E-state index is 12.8. The number of nitrogens with zero attached hydrogens (tertiary/aromatic N) is 3. The fraction of sp³-hybridized carbons (Fsp3) is 0.300. The number of hydrogen-bond donors (Lipinski definition) is 0. The van der Waals surface area contributed by atoms with Crippen LogP contribution < -0.4 is 4.74 Å². The van der Waals surface area contributed by atoms with Crippen molar-refractivity contribution in [3.63, 3.8) is 0 Å². The fourth-order valence-corrected chi connectivity index (χ4v) is 4.17. The normalized spacial score (nSPS) is 16.6. The number of likely N-dealkylation sites (tertiary alicyclic amines) is 1. The van der Waals surface area contributed by atoms with Gasteiger partial charge in [0.2, 0.25) is 0 Å². The van der Waals surface area contributed by atoms with E-state index < -0.39 is 0 Å². The number of hydrogen-bond acceptors (Lipinski definition) is 7. The Morgan fingerprint density at radius 2 is 2.24 bits per heavy atom. The van der Waals surface area contributed by atoms with Gasteiger partial charge in [-0.05, 0) is 24.3 Å². The molecule has 1 atom stereocenters. The average molecular weight is 432 g/mol. The van der Waals surface area contributed by atoms with Gasteiger partial charge in [-0.25, -0.2) is 0 Å². The highest BCUT2D eigenvalue weighted by molar-refractivity contribution is 7.12. The van der Waals surface area contributed by atoms with Crippen molar-refractivity contribution in [2.24, 2.45) is 5.92 Å². The summed E-state index contributed by atoms with van der Waals surface area (Å²) in [6.45, 7) is 1.09. The Labute approximate surface area is 176 Å². The van der Waals surface area contributed by atoms with E-state index in [4.69, 9.17) is 20.9 Å². The van der Waals surface area contributed by atoms with E-state index in [-0.39, 0.29) is 29.9 Å². The molecule has 0 saturated carbocycles. The molecule has 9 heteroatoms. The molecule has 7 nitrogen and oxygen atoms in total. The quantitative estimate of drug-likeness (QED) is 0.546. The second-order valence-corrected chi connectivity index (χ2v) is 8.12. The Morgan fingerprint density at radius 1 is 1.34 bits per heavy atom. The van der Waals surface area contributed by atoms with Gasteiger partial charge in [-0.3, -0.25) is 14.6 Å². The standard InChI is InChI=1S/C20H18ClN3O4S/c21-14-7-15(10-22-9-14)27-12-16-8-17(23-28-16)20(26)24-5-1-3-13(11-24)19(25)18-4-2-6-29-18/h2,4,6-10,13H,1,3,5,11-12H2/t13-/m0/s1. The van der Waals surface area contributed by atoms with E-state index in [1.165, 1.54) is 23.7 Å². The van der Waals surface area contributed by atoms with Gasteiger partial charge >= 0.3 is 0 Å². The summed E-state index contributed by atoms with van der Waals surface area (Å²) in [7, 11) is 0. The molecule has 0 bridgehead atoms. The van der Waals surface area contributed by atoms with Crippen LogP contribution in [0.4, 0.5) is 0 Å². The lowest BCUT2D eigenvalue weighted by Gasteiger charge is -2.31. The largest absolute Gasteiger partial charge is 0.484 e. The third kappa shape index (κ3) is 4.65. The number of piperidine rings is 1. The third-order valence-corrected chi connectivity index (χ3v) is 5.77. The van der Waals surface area contributed by atoms with Crippen molar-refractivity contribution in [1.29, 1.82) is 0 Å². The number of carbonyl (C=O) groups excluding carboxylic acids is 2. The molecule has 0 unspecified atom stereocenters. The van der Waals surface area contributed by atoms with Gasteiger partial charge in [0.25, 0.3) is 5.91 Å². The molecular formula is C20H18ClN3O4S. The second kappa shape index (κ2) is 8.75. The van der Waals surface area contributed by atoms with Crippen LogP contribution >= 0.6 is 22.9 Å². The molecule has 0 aromatic carbocycles. The number of ether oxygens (including phenoxy) is 1. The van der Waals surface area contributed by atoms with Gasteiger partial charge in [0.05, 0.1) is 16.1 Å². The molecule has 3 aromatic heterocycles. The number of ketones is 1. The minimum absolute atomic E-state index is 0.0990. The maximum Gasteiger partial charge on any atom is 0.276 e. The van der Waals surface area contributed by atoms with Crippen LogP contribution in [0.2, 0.25) is 5.02 Å². The average Bonchev–Trinajstić information content (AvgIpc) is 3.44. The molecule has 0 spiro atoms. The van der Waals surface area contributed by atoms with Crippen LogP contribution in [0.5, 0.6) is 5.75 Å². The van der Waals surface area contributed by atoms with E-state index in [0.717, 1.165) is 17.7 Å². The third-order valence-electron chi connectivity index (χ3n) is 4.68. The summed E-state index contributed by atoms with van der Waals surface area (Å²) in [5.74, 6) is 0.579. The summed E-state index contributed by atoms with van der Waals surface area (Å²) in [5.41, 5.74) is 0.206. The molecule has 3 aromatic rings. The first kappa shape index (κ1) is 19.6. The molecule has 1 fully saturated rings. The van der Waals surface area contributed by atoms with Crippen molar-refractivity contribution in [2.45, 2.75) is 19.4 Å². The highest BCUT2D eigenvalue weighted by atomic mass is 35.5. The summed E-state index contributed by atoms with van der Waals surface area (Å²) in [4.78, 5) is 31.8. The summed E-state index contributed by atoms with van der Waals surface area (Å²) >= 11 is 7.30. The number of halogens is 1. The molecule has 1 aliphatic heterocycles. The lowest BCUT2D eigenvalue weighted by molar-refractivity contribution is 0.0629. The van der Waals surface area contributed by atoms with Gasteiger partial charge in [0.1, 0.15) is 12.4 Å². The summed E-state index contributed by atoms with van der Waals surface area (Å²) in [6.07, 6.45) is 4.61. The van der Waals surface area contributed by atoms with Crippen LogP contribution in [0.25, 0.3) is 0 Å². The summed E-state index contributed by atoms with van der Waals surface area (Å²) < 4.78 is 10.8. The molecular weight excluding hydrogens is 414 g/mol. The molecule has 4 rings (SSSR count). The minimum Gasteiger partial charge on any atom is -0.484 e. The highest BCUT2D eigenvalue weighted by Gasteiger charge is 2.31. The first-order valence-corrected chi connectivity index (χ1v) is 10.4. The number of carbonyl (C=O) groups is 2. The SMILES string of the molecule is O=C(c1cccs1)[C@H]1CCCN(C(=O)c2cc(COc3cncc(Cl)c3)on2)C1. The molecule has 29 heavy (non-hydrogen) atoms. The van der Waals surface area contributed by atoms with E-state index in [0.29, 0.717) is 29.6 Å². The Kier molecular flexibility index (Phi) is 5.92. The van der Waals surface area contributed by atoms with Crippen LogP contribution in [0.1, 0.15) is 38.8 Å². The summed E-state index contributed by atoms with van der Waals surface area (Å²) in [5, 5.41) is 6.22. The highest BCUT2D eigenvalue weighted by Crippen LogP contribution is 2.24. The van der Waals surface area contributed by atoms with Gasteiger partial charge in [-0.1, -0.05) is 22.8 Å². The Hall–Kier alpha value is -2.71. The van der Waals surface area contributed by atoms with Crippen LogP contribution in [-0.4, -0.2) is 39.8 Å². The fourth-order valence-electron chi connectivity index (χ4n) is 3.27. The Bertz CT molecular complexity index is 1000. The number of thiophene rings is 1. The number of rotatable bonds is 6. The van der Waals surface area contributed by atoms with Gasteiger partial charge < -0.3 is 14.2 Å². The zero-order valence-electron chi connectivity index (χ0n) is 15.4. The van der Waals surface area contributed by atoms with Crippen molar-refractivity contribution in [3.8, 4) is 5.75 Å². The van der Waals surface area contributed by atoms with Crippen LogP contribution in [0.3, 0.4) is 0 Å². The van der Waals surface area contributed by atoms with Crippen molar-refractivity contribution in [3.05, 3.63) is 63.4 Å². The predicted molar refractivity (Wildman–Crippen MR) is 107 cm³/mol. The smallest absolute Gasteiger partial charge is 0.276 e. The molecule has 1 amide bonds. The molecule has 0 radical (unpaired) electrons.